The fourth-order valence-corrected chi connectivity index (χ4v) is 2.59. The second-order valence-corrected chi connectivity index (χ2v) is 5.59. The molecule has 1 fully saturated rings. The first-order valence-corrected chi connectivity index (χ1v) is 6.97. The fraction of sp³-hybridized carbons (Fsp3) is 0.500. The number of esters is 2. The normalized spacial score (nSPS) is 19.1. The summed E-state index contributed by atoms with van der Waals surface area (Å²) in [5.41, 5.74) is 0.681. The molecular formula is C16H20O6. The minimum atomic E-state index is -1.23. The Labute approximate surface area is 129 Å². The maximum atomic E-state index is 12.2. The molecule has 0 amide bonds. The first-order chi connectivity index (χ1) is 10.3. The maximum Gasteiger partial charge on any atom is 0.324 e. The van der Waals surface area contributed by atoms with Gasteiger partial charge in [-0.3, -0.25) is 9.59 Å². The van der Waals surface area contributed by atoms with Crippen LogP contribution in [0.1, 0.15) is 32.3 Å². The van der Waals surface area contributed by atoms with Gasteiger partial charge in [-0.25, -0.2) is 0 Å². The van der Waals surface area contributed by atoms with Gasteiger partial charge in [-0.2, -0.15) is 0 Å². The van der Waals surface area contributed by atoms with Gasteiger partial charge >= 0.3 is 11.9 Å². The van der Waals surface area contributed by atoms with E-state index in [4.69, 9.17) is 18.9 Å². The maximum absolute atomic E-state index is 12.2. The third-order valence-corrected chi connectivity index (χ3v) is 3.62. The second-order valence-electron chi connectivity index (χ2n) is 5.59. The molecule has 1 atom stereocenters. The van der Waals surface area contributed by atoms with Crippen molar-refractivity contribution in [1.82, 2.24) is 0 Å². The van der Waals surface area contributed by atoms with E-state index in [1.807, 2.05) is 0 Å². The van der Waals surface area contributed by atoms with Crippen LogP contribution in [-0.2, 0) is 19.1 Å². The van der Waals surface area contributed by atoms with E-state index in [2.05, 4.69) is 0 Å². The largest absolute Gasteiger partial charge is 0.493 e. The lowest BCUT2D eigenvalue weighted by atomic mass is 9.86. The molecule has 6 heteroatoms. The number of hydrogen-bond acceptors (Lipinski definition) is 6. The van der Waals surface area contributed by atoms with E-state index in [9.17, 15) is 9.59 Å². The van der Waals surface area contributed by atoms with Gasteiger partial charge in [0.2, 0.25) is 0 Å². The molecule has 6 nitrogen and oxygen atoms in total. The van der Waals surface area contributed by atoms with Crippen LogP contribution >= 0.6 is 0 Å². The van der Waals surface area contributed by atoms with Crippen molar-refractivity contribution in [1.29, 1.82) is 0 Å². The zero-order chi connectivity index (χ0) is 16.5. The van der Waals surface area contributed by atoms with E-state index < -0.39 is 29.6 Å². The molecule has 0 saturated carbocycles. The van der Waals surface area contributed by atoms with Crippen LogP contribution in [0, 0.1) is 5.92 Å². The molecule has 22 heavy (non-hydrogen) atoms. The molecule has 1 saturated heterocycles. The highest BCUT2D eigenvalue weighted by atomic mass is 16.7. The first-order valence-electron chi connectivity index (χ1n) is 6.97. The minimum Gasteiger partial charge on any atom is -0.493 e. The van der Waals surface area contributed by atoms with Crippen LogP contribution in [0.4, 0.5) is 0 Å². The quantitative estimate of drug-likeness (QED) is 0.627. The summed E-state index contributed by atoms with van der Waals surface area (Å²) >= 11 is 0. The molecule has 0 spiro atoms. The molecule has 0 N–H and O–H groups in total. The summed E-state index contributed by atoms with van der Waals surface area (Å²) in [4.78, 5) is 24.4. The van der Waals surface area contributed by atoms with Crippen LogP contribution in [-0.4, -0.2) is 31.9 Å². The number of hydrogen-bond donors (Lipinski definition) is 0. The van der Waals surface area contributed by atoms with Crippen molar-refractivity contribution < 1.29 is 28.5 Å². The Balaban J connectivity index is 2.38. The molecule has 1 aromatic carbocycles. The van der Waals surface area contributed by atoms with Gasteiger partial charge in [0.25, 0.3) is 5.79 Å². The Morgan fingerprint density at radius 1 is 1.09 bits per heavy atom. The van der Waals surface area contributed by atoms with E-state index in [1.54, 1.807) is 25.1 Å². The van der Waals surface area contributed by atoms with Crippen LogP contribution < -0.4 is 9.47 Å². The van der Waals surface area contributed by atoms with Gasteiger partial charge in [-0.05, 0) is 6.07 Å². The van der Waals surface area contributed by atoms with Crippen LogP contribution in [0.15, 0.2) is 18.2 Å². The van der Waals surface area contributed by atoms with Crippen LogP contribution in [0.25, 0.3) is 0 Å². The van der Waals surface area contributed by atoms with Gasteiger partial charge in [0, 0.05) is 25.3 Å². The van der Waals surface area contributed by atoms with E-state index >= 15 is 0 Å². The summed E-state index contributed by atoms with van der Waals surface area (Å²) in [6.45, 7) is 4.80. The molecule has 0 bridgehead atoms. The number of cyclic esters (lactones) is 2. The fourth-order valence-electron chi connectivity index (χ4n) is 2.59. The number of carbonyl (C=O) groups excluding carboxylic acids is 2. The summed E-state index contributed by atoms with van der Waals surface area (Å²) in [6, 6.07) is 5.30. The van der Waals surface area contributed by atoms with Crippen molar-refractivity contribution in [2.24, 2.45) is 5.92 Å². The number of rotatable bonds is 4. The second kappa shape index (κ2) is 5.87. The molecular weight excluding hydrogens is 288 g/mol. The SMILES string of the molecule is COc1cccc([C@H](C)C2C(=O)OC(C)(C)OC2=O)c1OC. The molecule has 0 unspecified atom stereocenters. The number of carbonyl (C=O) groups is 2. The van der Waals surface area contributed by atoms with Gasteiger partial charge in [-0.15, -0.1) is 0 Å². The molecule has 0 aromatic heterocycles. The summed E-state index contributed by atoms with van der Waals surface area (Å²) in [7, 11) is 3.03. The Kier molecular flexibility index (Phi) is 4.30. The Hall–Kier alpha value is -2.24. The van der Waals surface area contributed by atoms with Crippen molar-refractivity contribution in [2.75, 3.05) is 14.2 Å². The molecule has 1 aliphatic rings. The van der Waals surface area contributed by atoms with Crippen molar-refractivity contribution in [2.45, 2.75) is 32.5 Å². The summed E-state index contributed by atoms with van der Waals surface area (Å²) < 4.78 is 21.0. The van der Waals surface area contributed by atoms with Crippen molar-refractivity contribution in [3.05, 3.63) is 23.8 Å². The third-order valence-electron chi connectivity index (χ3n) is 3.62. The zero-order valence-corrected chi connectivity index (χ0v) is 13.3. The van der Waals surface area contributed by atoms with Crippen molar-refractivity contribution >= 4 is 11.9 Å². The lowest BCUT2D eigenvalue weighted by Gasteiger charge is -2.35. The minimum absolute atomic E-state index is 0.471. The summed E-state index contributed by atoms with van der Waals surface area (Å²) in [5, 5.41) is 0. The third kappa shape index (κ3) is 2.86. The van der Waals surface area contributed by atoms with Gasteiger partial charge in [0.15, 0.2) is 17.4 Å². The highest BCUT2D eigenvalue weighted by Gasteiger charge is 2.46. The molecule has 1 aromatic rings. The van der Waals surface area contributed by atoms with Crippen molar-refractivity contribution in [3.8, 4) is 11.5 Å². The van der Waals surface area contributed by atoms with Gasteiger partial charge in [0.1, 0.15) is 0 Å². The monoisotopic (exact) mass is 308 g/mol. The van der Waals surface area contributed by atoms with E-state index in [-0.39, 0.29) is 0 Å². The Bertz CT molecular complexity index is 572. The smallest absolute Gasteiger partial charge is 0.324 e. The number of ether oxygens (including phenoxy) is 4. The zero-order valence-electron chi connectivity index (χ0n) is 13.3. The van der Waals surface area contributed by atoms with Gasteiger partial charge < -0.3 is 18.9 Å². The molecule has 2 rings (SSSR count). The standard InChI is InChI=1S/C16H20O6/c1-9(10-7-6-8-11(19-4)13(10)20-5)12-14(17)21-16(2,3)22-15(12)18/h6-9,12H,1-5H3/t9-/m0/s1. The average Bonchev–Trinajstić information content (AvgIpc) is 2.43. The van der Waals surface area contributed by atoms with Gasteiger partial charge in [-0.1, -0.05) is 19.1 Å². The van der Waals surface area contributed by atoms with E-state index in [1.165, 1.54) is 28.1 Å². The predicted octanol–water partition coefficient (Wildman–Crippen LogP) is 2.26. The van der Waals surface area contributed by atoms with Crippen LogP contribution in [0.2, 0.25) is 0 Å². The Morgan fingerprint density at radius 2 is 1.68 bits per heavy atom. The lowest BCUT2D eigenvalue weighted by Crippen LogP contribution is -2.47. The summed E-state index contributed by atoms with van der Waals surface area (Å²) in [5.74, 6) is -2.91. The van der Waals surface area contributed by atoms with E-state index in [0.717, 1.165) is 0 Å². The first kappa shape index (κ1) is 16.1. The Morgan fingerprint density at radius 3 is 2.18 bits per heavy atom. The molecule has 1 aliphatic heterocycles. The number of para-hydroxylation sites is 1. The van der Waals surface area contributed by atoms with Crippen LogP contribution in [0.5, 0.6) is 11.5 Å². The number of methoxy groups -OCH3 is 2. The van der Waals surface area contributed by atoms with Crippen molar-refractivity contribution in [3.63, 3.8) is 0 Å². The van der Waals surface area contributed by atoms with E-state index in [0.29, 0.717) is 17.1 Å². The lowest BCUT2D eigenvalue weighted by molar-refractivity contribution is -0.240. The molecule has 120 valence electrons. The number of benzene rings is 1. The molecule has 0 radical (unpaired) electrons. The predicted molar refractivity (Wildman–Crippen MR) is 77.7 cm³/mol. The average molecular weight is 308 g/mol. The topological polar surface area (TPSA) is 71.1 Å². The summed E-state index contributed by atoms with van der Waals surface area (Å²) in [6.07, 6.45) is 0. The van der Waals surface area contributed by atoms with Gasteiger partial charge in [0.05, 0.1) is 14.2 Å². The molecule has 1 heterocycles. The van der Waals surface area contributed by atoms with Crippen LogP contribution in [0.3, 0.4) is 0 Å². The molecule has 0 aliphatic carbocycles. The highest BCUT2D eigenvalue weighted by Crippen LogP contribution is 2.40. The highest BCUT2D eigenvalue weighted by molar-refractivity contribution is 5.97.